The van der Waals surface area contributed by atoms with Gasteiger partial charge in [0.15, 0.2) is 0 Å². The molecule has 0 fully saturated rings. The van der Waals surface area contributed by atoms with Gasteiger partial charge in [-0.05, 0) is 30.7 Å². The van der Waals surface area contributed by atoms with Crippen molar-refractivity contribution in [1.29, 1.82) is 0 Å². The molecular weight excluding hydrogens is 207 g/mol. The lowest BCUT2D eigenvalue weighted by Gasteiger charge is -1.97. The van der Waals surface area contributed by atoms with Gasteiger partial charge in [-0.2, -0.15) is 0 Å². The largest absolute Gasteiger partial charge is 0.478 e. The van der Waals surface area contributed by atoms with Crippen molar-refractivity contribution in [3.05, 3.63) is 40.2 Å². The van der Waals surface area contributed by atoms with Crippen LogP contribution in [0.2, 0.25) is 5.02 Å². The molecule has 0 aliphatic heterocycles. The zero-order valence-corrected chi connectivity index (χ0v) is 8.18. The van der Waals surface area contributed by atoms with Crippen LogP contribution >= 0.6 is 11.6 Å². The number of carbonyl (C=O) groups is 1. The number of carboxylic acids is 1. The molecule has 0 saturated heterocycles. The Morgan fingerprint density at radius 3 is 2.71 bits per heavy atom. The van der Waals surface area contributed by atoms with E-state index in [2.05, 4.69) is 0 Å². The lowest BCUT2D eigenvalue weighted by Crippen LogP contribution is -1.95. The Morgan fingerprint density at radius 1 is 1.57 bits per heavy atom. The Morgan fingerprint density at radius 2 is 2.21 bits per heavy atom. The Labute approximate surface area is 85.6 Å². The van der Waals surface area contributed by atoms with Crippen LogP contribution in [0.15, 0.2) is 23.8 Å². The molecule has 0 atom stereocenters. The van der Waals surface area contributed by atoms with Crippen LogP contribution in [-0.2, 0) is 4.79 Å². The van der Waals surface area contributed by atoms with Gasteiger partial charge in [0, 0.05) is 5.57 Å². The van der Waals surface area contributed by atoms with Crippen LogP contribution < -0.4 is 0 Å². The minimum atomic E-state index is -1.01. The highest BCUT2D eigenvalue weighted by atomic mass is 35.5. The highest BCUT2D eigenvalue weighted by molar-refractivity contribution is 6.30. The monoisotopic (exact) mass is 214 g/mol. The number of hydrogen-bond donors (Lipinski definition) is 1. The average molecular weight is 215 g/mol. The SMILES string of the molecule is CC(=Cc1ccc(F)c(Cl)c1)C(=O)O. The molecule has 0 spiro atoms. The van der Waals surface area contributed by atoms with E-state index in [-0.39, 0.29) is 10.6 Å². The van der Waals surface area contributed by atoms with Gasteiger partial charge in [0.2, 0.25) is 0 Å². The van der Waals surface area contributed by atoms with Crippen LogP contribution in [-0.4, -0.2) is 11.1 Å². The van der Waals surface area contributed by atoms with Crippen molar-refractivity contribution < 1.29 is 14.3 Å². The summed E-state index contributed by atoms with van der Waals surface area (Å²) in [5.74, 6) is -1.53. The number of benzene rings is 1. The Bertz CT molecular complexity index is 399. The molecule has 0 bridgehead atoms. The molecule has 1 N–H and O–H groups in total. The second-order valence-corrected chi connectivity index (χ2v) is 3.21. The van der Waals surface area contributed by atoms with Crippen molar-refractivity contribution in [3.63, 3.8) is 0 Å². The molecular formula is C10H8ClFO2. The summed E-state index contributed by atoms with van der Waals surface area (Å²) in [7, 11) is 0. The molecule has 74 valence electrons. The van der Waals surface area contributed by atoms with E-state index in [0.717, 1.165) is 0 Å². The summed E-state index contributed by atoms with van der Waals surface area (Å²) in [6.07, 6.45) is 1.42. The molecule has 1 aromatic carbocycles. The van der Waals surface area contributed by atoms with Crippen LogP contribution in [0.4, 0.5) is 4.39 Å². The predicted octanol–water partition coefficient (Wildman–Crippen LogP) is 2.97. The van der Waals surface area contributed by atoms with Gasteiger partial charge in [-0.1, -0.05) is 17.7 Å². The van der Waals surface area contributed by atoms with Crippen molar-refractivity contribution >= 4 is 23.6 Å². The quantitative estimate of drug-likeness (QED) is 0.769. The first-order chi connectivity index (χ1) is 6.50. The number of aliphatic carboxylic acids is 1. The summed E-state index contributed by atoms with van der Waals surface area (Å²) in [6.45, 7) is 1.46. The first-order valence-corrected chi connectivity index (χ1v) is 4.25. The smallest absolute Gasteiger partial charge is 0.331 e. The van der Waals surface area contributed by atoms with Crippen molar-refractivity contribution in [1.82, 2.24) is 0 Å². The lowest BCUT2D eigenvalue weighted by atomic mass is 10.1. The summed E-state index contributed by atoms with van der Waals surface area (Å²) in [4.78, 5) is 10.5. The lowest BCUT2D eigenvalue weighted by molar-refractivity contribution is -0.132. The molecule has 0 aliphatic rings. The van der Waals surface area contributed by atoms with Crippen molar-refractivity contribution in [2.45, 2.75) is 6.92 Å². The summed E-state index contributed by atoms with van der Waals surface area (Å²) in [5, 5.41) is 8.58. The molecule has 0 aromatic heterocycles. The van der Waals surface area contributed by atoms with Crippen LogP contribution in [0.1, 0.15) is 12.5 Å². The second kappa shape index (κ2) is 4.24. The molecule has 0 unspecified atom stereocenters. The van der Waals surface area contributed by atoms with Gasteiger partial charge in [-0.15, -0.1) is 0 Å². The number of halogens is 2. The van der Waals surface area contributed by atoms with E-state index >= 15 is 0 Å². The van der Waals surface area contributed by atoms with E-state index in [1.807, 2.05) is 0 Å². The van der Waals surface area contributed by atoms with Gasteiger partial charge in [-0.25, -0.2) is 9.18 Å². The van der Waals surface area contributed by atoms with Crippen LogP contribution in [0, 0.1) is 5.82 Å². The van der Waals surface area contributed by atoms with E-state index < -0.39 is 11.8 Å². The van der Waals surface area contributed by atoms with Gasteiger partial charge in [-0.3, -0.25) is 0 Å². The summed E-state index contributed by atoms with van der Waals surface area (Å²) in [6, 6.07) is 4.04. The maximum Gasteiger partial charge on any atom is 0.331 e. The molecule has 0 amide bonds. The first-order valence-electron chi connectivity index (χ1n) is 3.87. The van der Waals surface area contributed by atoms with Gasteiger partial charge in [0.05, 0.1) is 5.02 Å². The van der Waals surface area contributed by atoms with Gasteiger partial charge >= 0.3 is 5.97 Å². The normalized spacial score (nSPS) is 11.5. The molecule has 1 rings (SSSR count). The van der Waals surface area contributed by atoms with E-state index in [4.69, 9.17) is 16.7 Å². The Hall–Kier alpha value is -1.35. The maximum atomic E-state index is 12.7. The van der Waals surface area contributed by atoms with Crippen molar-refractivity contribution in [2.75, 3.05) is 0 Å². The molecule has 4 heteroatoms. The number of carboxylic acid groups (broad SMARTS) is 1. The van der Waals surface area contributed by atoms with Gasteiger partial charge in [0.25, 0.3) is 0 Å². The third-order valence-electron chi connectivity index (χ3n) is 1.66. The Kier molecular flexibility index (Phi) is 3.25. The van der Waals surface area contributed by atoms with Crippen LogP contribution in [0.25, 0.3) is 6.08 Å². The standard InChI is InChI=1S/C10H8ClFO2/c1-6(10(13)14)4-7-2-3-9(12)8(11)5-7/h2-5H,1H3,(H,13,14). The van der Waals surface area contributed by atoms with Crippen molar-refractivity contribution in [3.8, 4) is 0 Å². The minimum Gasteiger partial charge on any atom is -0.478 e. The van der Waals surface area contributed by atoms with E-state index in [1.54, 1.807) is 0 Å². The summed E-state index contributed by atoms with van der Waals surface area (Å²) < 4.78 is 12.7. The average Bonchev–Trinajstić information content (AvgIpc) is 2.11. The van der Waals surface area contributed by atoms with E-state index in [0.29, 0.717) is 5.56 Å². The molecule has 14 heavy (non-hydrogen) atoms. The fourth-order valence-corrected chi connectivity index (χ4v) is 1.10. The highest BCUT2D eigenvalue weighted by Gasteiger charge is 2.02. The minimum absolute atomic E-state index is 0.0167. The molecule has 2 nitrogen and oxygen atoms in total. The predicted molar refractivity (Wildman–Crippen MR) is 52.7 cm³/mol. The van der Waals surface area contributed by atoms with Crippen LogP contribution in [0.3, 0.4) is 0 Å². The van der Waals surface area contributed by atoms with Crippen molar-refractivity contribution in [2.24, 2.45) is 0 Å². The first kappa shape index (κ1) is 10.7. The second-order valence-electron chi connectivity index (χ2n) is 2.81. The highest BCUT2D eigenvalue weighted by Crippen LogP contribution is 2.17. The molecule has 0 saturated carbocycles. The summed E-state index contributed by atoms with van der Waals surface area (Å²) >= 11 is 5.53. The fourth-order valence-electron chi connectivity index (χ4n) is 0.914. The third kappa shape index (κ3) is 2.57. The molecule has 0 radical (unpaired) electrons. The van der Waals surface area contributed by atoms with E-state index in [9.17, 15) is 9.18 Å². The Balaban J connectivity index is 3.04. The zero-order chi connectivity index (χ0) is 10.7. The zero-order valence-electron chi connectivity index (χ0n) is 7.42. The van der Waals surface area contributed by atoms with Crippen LogP contribution in [0.5, 0.6) is 0 Å². The van der Waals surface area contributed by atoms with Gasteiger partial charge in [0.1, 0.15) is 5.82 Å². The number of rotatable bonds is 2. The fraction of sp³-hybridized carbons (Fsp3) is 0.100. The maximum absolute atomic E-state index is 12.7. The molecule has 1 aromatic rings. The number of hydrogen-bond acceptors (Lipinski definition) is 1. The molecule has 0 aliphatic carbocycles. The third-order valence-corrected chi connectivity index (χ3v) is 1.95. The van der Waals surface area contributed by atoms with E-state index in [1.165, 1.54) is 31.2 Å². The topological polar surface area (TPSA) is 37.3 Å². The molecule has 0 heterocycles. The van der Waals surface area contributed by atoms with Gasteiger partial charge < -0.3 is 5.11 Å². The summed E-state index contributed by atoms with van der Waals surface area (Å²) in [5.41, 5.74) is 0.740.